The van der Waals surface area contributed by atoms with E-state index in [4.69, 9.17) is 0 Å². The summed E-state index contributed by atoms with van der Waals surface area (Å²) in [5.41, 5.74) is 1.80. The summed E-state index contributed by atoms with van der Waals surface area (Å²) in [6.45, 7) is 8.25. The second-order valence-corrected chi connectivity index (χ2v) is 6.59. The zero-order chi connectivity index (χ0) is 15.6. The van der Waals surface area contributed by atoms with Gasteiger partial charge in [0.1, 0.15) is 0 Å². The fourth-order valence-corrected chi connectivity index (χ4v) is 2.78. The number of hydrogen-bond acceptors (Lipinski definition) is 2. The van der Waals surface area contributed by atoms with Gasteiger partial charge in [0, 0.05) is 42.1 Å². The van der Waals surface area contributed by atoms with E-state index in [0.29, 0.717) is 31.7 Å². The number of benzene rings is 1. The minimum atomic E-state index is 0.0142. The van der Waals surface area contributed by atoms with Crippen molar-refractivity contribution in [1.29, 1.82) is 0 Å². The lowest BCUT2D eigenvalue weighted by atomic mass is 10.1. The summed E-state index contributed by atoms with van der Waals surface area (Å²) in [4.78, 5) is 28.1. The van der Waals surface area contributed by atoms with Crippen LogP contribution in [0, 0.1) is 12.8 Å². The highest BCUT2D eigenvalue weighted by molar-refractivity contribution is 9.10. The van der Waals surface area contributed by atoms with E-state index in [1.54, 1.807) is 0 Å². The molecule has 0 N–H and O–H groups in total. The molecule has 1 aliphatic rings. The zero-order valence-electron chi connectivity index (χ0n) is 12.7. The van der Waals surface area contributed by atoms with E-state index in [2.05, 4.69) is 15.9 Å². The van der Waals surface area contributed by atoms with E-state index in [-0.39, 0.29) is 17.7 Å². The molecular formula is C16H21BrN2O2. The quantitative estimate of drug-likeness (QED) is 0.820. The molecule has 0 aliphatic carbocycles. The highest BCUT2D eigenvalue weighted by atomic mass is 79.9. The Labute approximate surface area is 134 Å². The van der Waals surface area contributed by atoms with Crippen LogP contribution >= 0.6 is 15.9 Å². The van der Waals surface area contributed by atoms with Gasteiger partial charge < -0.3 is 9.80 Å². The summed E-state index contributed by atoms with van der Waals surface area (Å²) in [6, 6.07) is 5.66. The highest BCUT2D eigenvalue weighted by Crippen LogP contribution is 2.19. The van der Waals surface area contributed by atoms with Crippen molar-refractivity contribution < 1.29 is 9.59 Å². The van der Waals surface area contributed by atoms with Crippen LogP contribution in [0.25, 0.3) is 0 Å². The highest BCUT2D eigenvalue weighted by Gasteiger charge is 2.26. The monoisotopic (exact) mass is 352 g/mol. The topological polar surface area (TPSA) is 40.6 Å². The van der Waals surface area contributed by atoms with Gasteiger partial charge in [-0.05, 0) is 24.6 Å². The molecule has 1 aromatic rings. The molecule has 21 heavy (non-hydrogen) atoms. The molecule has 0 unspecified atom stereocenters. The maximum atomic E-state index is 12.5. The number of hydrogen-bond donors (Lipinski definition) is 0. The Bertz CT molecular complexity index is 549. The maximum absolute atomic E-state index is 12.5. The van der Waals surface area contributed by atoms with Crippen molar-refractivity contribution in [3.05, 3.63) is 33.8 Å². The smallest absolute Gasteiger partial charge is 0.254 e. The molecule has 1 aromatic carbocycles. The molecule has 5 heteroatoms. The van der Waals surface area contributed by atoms with Crippen molar-refractivity contribution in [1.82, 2.24) is 9.80 Å². The SMILES string of the molecule is Cc1ccc(C(=O)N2CCN(C(=O)C(C)C)CC2)cc1Br. The lowest BCUT2D eigenvalue weighted by molar-refractivity contribution is -0.135. The Hall–Kier alpha value is -1.36. The summed E-state index contributed by atoms with van der Waals surface area (Å²) < 4.78 is 0.946. The van der Waals surface area contributed by atoms with Gasteiger partial charge in [0.2, 0.25) is 5.91 Å². The predicted octanol–water partition coefficient (Wildman–Crippen LogP) is 2.70. The number of carbonyl (C=O) groups is 2. The molecule has 1 saturated heterocycles. The fraction of sp³-hybridized carbons (Fsp3) is 0.500. The van der Waals surface area contributed by atoms with Gasteiger partial charge in [0.15, 0.2) is 0 Å². The average Bonchev–Trinajstić information content (AvgIpc) is 2.48. The third kappa shape index (κ3) is 3.64. The summed E-state index contributed by atoms with van der Waals surface area (Å²) >= 11 is 3.46. The van der Waals surface area contributed by atoms with Crippen molar-refractivity contribution in [2.24, 2.45) is 5.92 Å². The molecule has 1 heterocycles. The predicted molar refractivity (Wildman–Crippen MR) is 86.2 cm³/mol. The molecule has 0 saturated carbocycles. The normalized spacial score (nSPS) is 15.5. The number of nitrogens with zero attached hydrogens (tertiary/aromatic N) is 2. The largest absolute Gasteiger partial charge is 0.339 e. The van der Waals surface area contributed by atoms with Crippen LogP contribution in [-0.4, -0.2) is 47.8 Å². The molecule has 0 atom stereocenters. The number of aryl methyl sites for hydroxylation is 1. The Kier molecular flexibility index (Phi) is 5.04. The van der Waals surface area contributed by atoms with Crippen LogP contribution in [0.1, 0.15) is 29.8 Å². The third-order valence-electron chi connectivity index (χ3n) is 3.79. The molecule has 4 nitrogen and oxygen atoms in total. The van der Waals surface area contributed by atoms with Crippen LogP contribution in [0.4, 0.5) is 0 Å². The van der Waals surface area contributed by atoms with Gasteiger partial charge in [-0.1, -0.05) is 35.8 Å². The van der Waals surface area contributed by atoms with Crippen LogP contribution in [-0.2, 0) is 4.79 Å². The van der Waals surface area contributed by atoms with Crippen molar-refractivity contribution in [2.75, 3.05) is 26.2 Å². The minimum absolute atomic E-state index is 0.0142. The van der Waals surface area contributed by atoms with Gasteiger partial charge in [0.05, 0.1) is 0 Å². The summed E-state index contributed by atoms with van der Waals surface area (Å²) in [7, 11) is 0. The molecule has 2 rings (SSSR count). The molecule has 0 radical (unpaired) electrons. The minimum Gasteiger partial charge on any atom is -0.339 e. The van der Waals surface area contributed by atoms with Crippen molar-refractivity contribution in [3.8, 4) is 0 Å². The lowest BCUT2D eigenvalue weighted by Gasteiger charge is -2.35. The Balaban J connectivity index is 2.00. The van der Waals surface area contributed by atoms with Crippen LogP contribution in [0.3, 0.4) is 0 Å². The molecular weight excluding hydrogens is 332 g/mol. The third-order valence-corrected chi connectivity index (χ3v) is 4.65. The summed E-state index contributed by atoms with van der Waals surface area (Å²) in [6.07, 6.45) is 0. The molecule has 0 bridgehead atoms. The standard InChI is InChI=1S/C16H21BrN2O2/c1-11(2)15(20)18-6-8-19(9-7-18)16(21)13-5-4-12(3)14(17)10-13/h4-5,10-11H,6-9H2,1-3H3. The number of carbonyl (C=O) groups excluding carboxylic acids is 2. The Morgan fingerprint density at radius 3 is 2.19 bits per heavy atom. The van der Waals surface area contributed by atoms with Crippen molar-refractivity contribution in [2.45, 2.75) is 20.8 Å². The van der Waals surface area contributed by atoms with Gasteiger partial charge in [-0.15, -0.1) is 0 Å². The molecule has 0 aromatic heterocycles. The van der Waals surface area contributed by atoms with Crippen molar-refractivity contribution in [3.63, 3.8) is 0 Å². The van der Waals surface area contributed by atoms with E-state index in [9.17, 15) is 9.59 Å². The van der Waals surface area contributed by atoms with Gasteiger partial charge in [-0.25, -0.2) is 0 Å². The molecule has 114 valence electrons. The first-order valence-corrected chi connectivity index (χ1v) is 8.03. The van der Waals surface area contributed by atoms with E-state index in [0.717, 1.165) is 10.0 Å². The van der Waals surface area contributed by atoms with Crippen LogP contribution in [0.5, 0.6) is 0 Å². The zero-order valence-corrected chi connectivity index (χ0v) is 14.3. The van der Waals surface area contributed by atoms with Crippen LogP contribution in [0.2, 0.25) is 0 Å². The second kappa shape index (κ2) is 6.60. The lowest BCUT2D eigenvalue weighted by Crippen LogP contribution is -2.51. The van der Waals surface area contributed by atoms with E-state index >= 15 is 0 Å². The first kappa shape index (κ1) is 16.0. The molecule has 1 aliphatic heterocycles. The second-order valence-electron chi connectivity index (χ2n) is 5.74. The first-order chi connectivity index (χ1) is 9.90. The summed E-state index contributed by atoms with van der Waals surface area (Å²) in [5.74, 6) is 0.216. The van der Waals surface area contributed by atoms with E-state index in [1.807, 2.05) is 48.8 Å². The van der Waals surface area contributed by atoms with E-state index in [1.165, 1.54) is 0 Å². The maximum Gasteiger partial charge on any atom is 0.254 e. The van der Waals surface area contributed by atoms with Crippen LogP contribution < -0.4 is 0 Å². The Morgan fingerprint density at radius 1 is 1.10 bits per heavy atom. The summed E-state index contributed by atoms with van der Waals surface area (Å²) in [5, 5.41) is 0. The number of amides is 2. The van der Waals surface area contributed by atoms with Gasteiger partial charge in [-0.3, -0.25) is 9.59 Å². The number of piperazine rings is 1. The van der Waals surface area contributed by atoms with E-state index < -0.39 is 0 Å². The van der Waals surface area contributed by atoms with Gasteiger partial charge in [-0.2, -0.15) is 0 Å². The Morgan fingerprint density at radius 2 is 1.67 bits per heavy atom. The van der Waals surface area contributed by atoms with Gasteiger partial charge in [0.25, 0.3) is 5.91 Å². The van der Waals surface area contributed by atoms with Crippen LogP contribution in [0.15, 0.2) is 22.7 Å². The number of rotatable bonds is 2. The fourth-order valence-electron chi connectivity index (χ4n) is 2.40. The first-order valence-electron chi connectivity index (χ1n) is 7.24. The molecule has 0 spiro atoms. The molecule has 1 fully saturated rings. The van der Waals surface area contributed by atoms with Gasteiger partial charge >= 0.3 is 0 Å². The average molecular weight is 353 g/mol. The van der Waals surface area contributed by atoms with Crippen molar-refractivity contribution >= 4 is 27.7 Å². The molecule has 2 amide bonds. The number of halogens is 1.